The summed E-state index contributed by atoms with van der Waals surface area (Å²) in [5.74, 6) is 0.744. The molecule has 2 N–H and O–H groups in total. The molecule has 1 aromatic carbocycles. The number of halogens is 1. The van der Waals surface area contributed by atoms with Gasteiger partial charge in [-0.15, -0.1) is 0 Å². The number of rotatable bonds is 7. The first-order valence-electron chi connectivity index (χ1n) is 7.26. The molecule has 2 rings (SSSR count). The Morgan fingerprint density at radius 2 is 2.10 bits per heavy atom. The van der Waals surface area contributed by atoms with Crippen molar-refractivity contribution in [2.75, 3.05) is 13.7 Å². The molecule has 0 aliphatic carbocycles. The summed E-state index contributed by atoms with van der Waals surface area (Å²) in [6.45, 7) is 3.85. The smallest absolute Gasteiger partial charge is 0.138 e. The summed E-state index contributed by atoms with van der Waals surface area (Å²) in [6.07, 6.45) is 6.70. The van der Waals surface area contributed by atoms with Crippen LogP contribution in [-0.2, 0) is 13.0 Å². The molecule has 110 valence electrons. The van der Waals surface area contributed by atoms with E-state index < -0.39 is 0 Å². The molecule has 1 heterocycles. The van der Waals surface area contributed by atoms with Gasteiger partial charge in [-0.05, 0) is 43.5 Å². The monoisotopic (exact) mass is 294 g/mol. The van der Waals surface area contributed by atoms with Crippen LogP contribution in [-0.4, -0.2) is 18.2 Å². The van der Waals surface area contributed by atoms with Gasteiger partial charge in [0.1, 0.15) is 5.75 Å². The molecule has 0 radical (unpaired) electrons. The Kier molecular flexibility index (Phi) is 5.32. The zero-order chi connectivity index (χ0) is 14.5. The van der Waals surface area contributed by atoms with Crippen molar-refractivity contribution in [3.63, 3.8) is 0 Å². The molecule has 0 fully saturated rings. The molecule has 0 saturated carbocycles. The van der Waals surface area contributed by atoms with Crippen LogP contribution in [0.25, 0.3) is 10.9 Å². The van der Waals surface area contributed by atoms with E-state index in [1.54, 1.807) is 7.11 Å². The van der Waals surface area contributed by atoms with Crippen molar-refractivity contribution in [1.82, 2.24) is 4.57 Å². The van der Waals surface area contributed by atoms with Crippen LogP contribution in [0, 0.1) is 0 Å². The van der Waals surface area contributed by atoms with E-state index in [2.05, 4.69) is 23.8 Å². The fourth-order valence-corrected chi connectivity index (χ4v) is 2.77. The minimum atomic E-state index is 0.661. The lowest BCUT2D eigenvalue weighted by Crippen LogP contribution is -2.04. The summed E-state index contributed by atoms with van der Waals surface area (Å²) in [5, 5.41) is 1.91. The third kappa shape index (κ3) is 3.10. The van der Waals surface area contributed by atoms with Crippen molar-refractivity contribution < 1.29 is 4.74 Å². The van der Waals surface area contributed by atoms with Gasteiger partial charge >= 0.3 is 0 Å². The van der Waals surface area contributed by atoms with Gasteiger partial charge < -0.3 is 15.0 Å². The Labute approximate surface area is 125 Å². The Morgan fingerprint density at radius 3 is 2.75 bits per heavy atom. The number of aryl methyl sites for hydroxylation is 2. The predicted molar refractivity (Wildman–Crippen MR) is 85.8 cm³/mol. The largest absolute Gasteiger partial charge is 0.495 e. The van der Waals surface area contributed by atoms with Gasteiger partial charge in [0.15, 0.2) is 0 Å². The normalized spacial score (nSPS) is 11.2. The molecular formula is C16H23ClN2O. The SMILES string of the molecule is CCCCc1cn(CCCN)c2cc(Cl)c(OC)cc12. The summed E-state index contributed by atoms with van der Waals surface area (Å²) >= 11 is 6.26. The fourth-order valence-electron chi connectivity index (χ4n) is 2.53. The number of nitrogens with two attached hydrogens (primary N) is 1. The zero-order valence-corrected chi connectivity index (χ0v) is 13.0. The quantitative estimate of drug-likeness (QED) is 0.838. The van der Waals surface area contributed by atoms with E-state index in [4.69, 9.17) is 22.1 Å². The average Bonchev–Trinajstić information content (AvgIpc) is 2.79. The van der Waals surface area contributed by atoms with E-state index >= 15 is 0 Å². The fraction of sp³-hybridized carbons (Fsp3) is 0.500. The predicted octanol–water partition coefficient (Wildman–Crippen LogP) is 3.99. The van der Waals surface area contributed by atoms with Gasteiger partial charge in [0.2, 0.25) is 0 Å². The number of aromatic nitrogens is 1. The number of methoxy groups -OCH3 is 1. The number of unbranched alkanes of at least 4 members (excludes halogenated alkanes) is 1. The van der Waals surface area contributed by atoms with Gasteiger partial charge in [-0.25, -0.2) is 0 Å². The second-order valence-corrected chi connectivity index (χ2v) is 5.50. The van der Waals surface area contributed by atoms with Gasteiger partial charge in [0.05, 0.1) is 17.6 Å². The minimum absolute atomic E-state index is 0.661. The van der Waals surface area contributed by atoms with Gasteiger partial charge in [0, 0.05) is 18.1 Å². The Hall–Kier alpha value is -1.19. The molecule has 0 aliphatic heterocycles. The van der Waals surface area contributed by atoms with Crippen LogP contribution in [0.4, 0.5) is 0 Å². The summed E-state index contributed by atoms with van der Waals surface area (Å²) in [5.41, 5.74) is 8.17. The minimum Gasteiger partial charge on any atom is -0.495 e. The molecule has 0 saturated heterocycles. The second kappa shape index (κ2) is 7.00. The van der Waals surface area contributed by atoms with Gasteiger partial charge in [0.25, 0.3) is 0 Å². The van der Waals surface area contributed by atoms with Gasteiger partial charge in [-0.2, -0.15) is 0 Å². The lowest BCUT2D eigenvalue weighted by molar-refractivity contribution is 0.415. The molecule has 0 atom stereocenters. The summed E-state index contributed by atoms with van der Waals surface area (Å²) in [6, 6.07) is 4.06. The highest BCUT2D eigenvalue weighted by Gasteiger charge is 2.12. The van der Waals surface area contributed by atoms with Crippen LogP contribution in [0.15, 0.2) is 18.3 Å². The van der Waals surface area contributed by atoms with Crippen LogP contribution in [0.3, 0.4) is 0 Å². The molecular weight excluding hydrogens is 272 g/mol. The lowest BCUT2D eigenvalue weighted by atomic mass is 10.1. The Balaban J connectivity index is 2.48. The van der Waals surface area contributed by atoms with Crippen molar-refractivity contribution in [3.8, 4) is 5.75 Å². The maximum Gasteiger partial charge on any atom is 0.138 e. The molecule has 3 nitrogen and oxygen atoms in total. The third-order valence-corrected chi connectivity index (χ3v) is 3.94. The van der Waals surface area contributed by atoms with Crippen LogP contribution >= 0.6 is 11.6 Å². The Bertz CT molecular complexity index is 577. The van der Waals surface area contributed by atoms with Gasteiger partial charge in [-0.3, -0.25) is 0 Å². The van der Waals surface area contributed by atoms with E-state index in [0.29, 0.717) is 11.6 Å². The molecule has 2 aromatic rings. The van der Waals surface area contributed by atoms with Crippen LogP contribution in [0.1, 0.15) is 31.7 Å². The first-order valence-corrected chi connectivity index (χ1v) is 7.64. The maximum atomic E-state index is 6.26. The van der Waals surface area contributed by atoms with Crippen molar-refractivity contribution in [3.05, 3.63) is 28.9 Å². The van der Waals surface area contributed by atoms with E-state index in [1.807, 2.05) is 6.07 Å². The average molecular weight is 295 g/mol. The highest BCUT2D eigenvalue weighted by atomic mass is 35.5. The lowest BCUT2D eigenvalue weighted by Gasteiger charge is -2.07. The maximum absolute atomic E-state index is 6.26. The van der Waals surface area contributed by atoms with Crippen LogP contribution in [0.5, 0.6) is 5.75 Å². The summed E-state index contributed by atoms with van der Waals surface area (Å²) < 4.78 is 7.60. The zero-order valence-electron chi connectivity index (χ0n) is 12.3. The molecule has 0 bridgehead atoms. The number of ether oxygens (including phenoxy) is 1. The summed E-state index contributed by atoms with van der Waals surface area (Å²) in [4.78, 5) is 0. The number of benzene rings is 1. The van der Waals surface area contributed by atoms with E-state index in [1.165, 1.54) is 29.3 Å². The van der Waals surface area contributed by atoms with Crippen molar-refractivity contribution in [2.24, 2.45) is 5.73 Å². The molecule has 4 heteroatoms. The topological polar surface area (TPSA) is 40.2 Å². The molecule has 0 unspecified atom stereocenters. The highest BCUT2D eigenvalue weighted by molar-refractivity contribution is 6.32. The highest BCUT2D eigenvalue weighted by Crippen LogP contribution is 2.33. The van der Waals surface area contributed by atoms with Crippen molar-refractivity contribution >= 4 is 22.5 Å². The van der Waals surface area contributed by atoms with Gasteiger partial charge in [-0.1, -0.05) is 24.9 Å². The van der Waals surface area contributed by atoms with E-state index in [9.17, 15) is 0 Å². The number of nitrogens with zero attached hydrogens (tertiary/aromatic N) is 1. The number of fused-ring (bicyclic) bond motifs is 1. The molecule has 0 spiro atoms. The van der Waals surface area contributed by atoms with Crippen molar-refractivity contribution in [1.29, 1.82) is 0 Å². The molecule has 0 amide bonds. The van der Waals surface area contributed by atoms with Crippen LogP contribution < -0.4 is 10.5 Å². The van der Waals surface area contributed by atoms with E-state index in [-0.39, 0.29) is 0 Å². The first kappa shape index (κ1) is 15.2. The second-order valence-electron chi connectivity index (χ2n) is 5.10. The van der Waals surface area contributed by atoms with Crippen molar-refractivity contribution in [2.45, 2.75) is 39.2 Å². The molecule has 1 aromatic heterocycles. The van der Waals surface area contributed by atoms with Crippen LogP contribution in [0.2, 0.25) is 5.02 Å². The standard InChI is InChI=1S/C16H23ClN2O/c1-3-4-6-12-11-19(8-5-7-18)15-10-14(17)16(20-2)9-13(12)15/h9-11H,3-8,18H2,1-2H3. The number of hydrogen-bond acceptors (Lipinski definition) is 2. The molecule has 0 aliphatic rings. The Morgan fingerprint density at radius 1 is 1.30 bits per heavy atom. The first-order chi connectivity index (χ1) is 9.71. The number of hydrogen-bond donors (Lipinski definition) is 1. The third-order valence-electron chi connectivity index (χ3n) is 3.64. The molecule has 20 heavy (non-hydrogen) atoms. The summed E-state index contributed by atoms with van der Waals surface area (Å²) in [7, 11) is 1.66. The van der Waals surface area contributed by atoms with E-state index in [0.717, 1.165) is 25.1 Å².